The Morgan fingerprint density at radius 2 is 1.69 bits per heavy atom. The van der Waals surface area contributed by atoms with E-state index in [2.05, 4.69) is 5.32 Å². The Morgan fingerprint density at radius 3 is 2.29 bits per heavy atom. The maximum absolute atomic E-state index is 14.1. The van der Waals surface area contributed by atoms with E-state index in [1.807, 2.05) is 19.9 Å². The monoisotopic (exact) mass is 742 g/mol. The summed E-state index contributed by atoms with van der Waals surface area (Å²) in [5.41, 5.74) is 6.64. The molecule has 16 heteroatoms. The minimum Gasteiger partial charge on any atom is -0.397 e. The Labute approximate surface area is 302 Å². The summed E-state index contributed by atoms with van der Waals surface area (Å²) in [5.74, 6) is -1.93. The Hall–Kier alpha value is -4.57. The van der Waals surface area contributed by atoms with Crippen LogP contribution in [-0.4, -0.2) is 88.2 Å². The molecule has 3 aromatic carbocycles. The number of hydrogen-bond donors (Lipinski definition) is 3. The summed E-state index contributed by atoms with van der Waals surface area (Å²) in [5, 5.41) is 26.3. The van der Waals surface area contributed by atoms with Gasteiger partial charge in [0.15, 0.2) is 0 Å². The highest BCUT2D eigenvalue weighted by atomic mass is 35.5. The summed E-state index contributed by atoms with van der Waals surface area (Å²) < 4.78 is 28.8. The van der Waals surface area contributed by atoms with Crippen LogP contribution in [0.2, 0.25) is 5.02 Å². The largest absolute Gasteiger partial charge is 0.397 e. The molecule has 3 atom stereocenters. The standard InChI is InChI=1S/C35H43ClN6O8S/c1-22(2)18-39(51(49,50)26-14-15-27(36)28(37)17-26)20-31(43)29(16-24-10-6-5-7-11-24)38-34(45)33(23(3)4)41-21-32(44)40(35(41)46)19-25-12-8-9-13-30(25)42(47)48/h5-15,17,22-23,29,31,33,43H,16,18-21,37H2,1-4H3,(H,38,45)/t29-,31+,33-/m0/s1. The van der Waals surface area contributed by atoms with E-state index < -0.39 is 70.0 Å². The Balaban J connectivity index is 1.61. The predicted octanol–water partition coefficient (Wildman–Crippen LogP) is 4.05. The van der Waals surface area contributed by atoms with E-state index in [0.717, 1.165) is 19.7 Å². The van der Waals surface area contributed by atoms with Gasteiger partial charge in [-0.25, -0.2) is 13.2 Å². The molecular weight excluding hydrogens is 700 g/mol. The number of nitro benzene ring substituents is 1. The number of nitrogens with zero attached hydrogens (tertiary/aromatic N) is 4. The van der Waals surface area contributed by atoms with Gasteiger partial charge in [-0.05, 0) is 42.0 Å². The Kier molecular flexibility index (Phi) is 12.8. The number of urea groups is 1. The molecule has 1 fully saturated rings. The van der Waals surface area contributed by atoms with Crippen LogP contribution in [0.5, 0.6) is 0 Å². The van der Waals surface area contributed by atoms with Gasteiger partial charge >= 0.3 is 6.03 Å². The number of rotatable bonds is 16. The average Bonchev–Trinajstić information content (AvgIpc) is 3.33. The molecule has 4 rings (SSSR count). The molecule has 0 radical (unpaired) electrons. The smallest absolute Gasteiger partial charge is 0.328 e. The number of nitrogens with two attached hydrogens (primary N) is 1. The molecule has 0 spiro atoms. The van der Waals surface area contributed by atoms with Gasteiger partial charge in [-0.15, -0.1) is 0 Å². The molecule has 51 heavy (non-hydrogen) atoms. The molecule has 14 nitrogen and oxygen atoms in total. The maximum atomic E-state index is 14.1. The van der Waals surface area contributed by atoms with E-state index in [9.17, 15) is 38.0 Å². The fourth-order valence-corrected chi connectivity index (χ4v) is 7.77. The predicted molar refractivity (Wildman–Crippen MR) is 192 cm³/mol. The number of amides is 4. The van der Waals surface area contributed by atoms with Gasteiger partial charge < -0.3 is 21.1 Å². The normalized spacial score (nSPS) is 15.5. The summed E-state index contributed by atoms with van der Waals surface area (Å²) >= 11 is 6.04. The lowest BCUT2D eigenvalue weighted by Gasteiger charge is -2.34. The average molecular weight is 743 g/mol. The highest BCUT2D eigenvalue weighted by Crippen LogP contribution is 2.27. The minimum absolute atomic E-state index is 0.0440. The van der Waals surface area contributed by atoms with Crippen LogP contribution in [0, 0.1) is 22.0 Å². The van der Waals surface area contributed by atoms with Crippen molar-refractivity contribution in [3.63, 3.8) is 0 Å². The SMILES string of the molecule is CC(C)CN(C[C@@H](O)[C@H](Cc1ccccc1)NC(=O)[C@H](C(C)C)N1CC(=O)N(Cc2ccccc2[N+](=O)[O-])C1=O)S(=O)(=O)c1ccc(Cl)c(N)c1. The molecule has 1 saturated heterocycles. The van der Waals surface area contributed by atoms with Gasteiger partial charge in [-0.1, -0.05) is 87.8 Å². The fourth-order valence-electron chi connectivity index (χ4n) is 6.00. The number of para-hydroxylation sites is 1. The number of sulfonamides is 1. The Morgan fingerprint density at radius 1 is 1.04 bits per heavy atom. The number of carbonyl (C=O) groups is 3. The molecule has 0 bridgehead atoms. The van der Waals surface area contributed by atoms with E-state index in [0.29, 0.717) is 0 Å². The second kappa shape index (κ2) is 16.6. The van der Waals surface area contributed by atoms with Gasteiger partial charge in [0.1, 0.15) is 12.6 Å². The zero-order valence-corrected chi connectivity index (χ0v) is 30.4. The lowest BCUT2D eigenvalue weighted by molar-refractivity contribution is -0.385. The van der Waals surface area contributed by atoms with Gasteiger partial charge in [-0.3, -0.25) is 24.6 Å². The quantitative estimate of drug-likeness (QED) is 0.0839. The highest BCUT2D eigenvalue weighted by molar-refractivity contribution is 7.89. The molecule has 0 aromatic heterocycles. The van der Waals surface area contributed by atoms with Crippen LogP contribution >= 0.6 is 11.6 Å². The van der Waals surface area contributed by atoms with Crippen molar-refractivity contribution in [3.8, 4) is 0 Å². The molecule has 4 N–H and O–H groups in total. The number of anilines is 1. The molecule has 3 aromatic rings. The molecule has 0 aliphatic carbocycles. The van der Waals surface area contributed by atoms with E-state index in [1.54, 1.807) is 44.2 Å². The molecular formula is C35H43ClN6O8S. The number of nitrogen functional groups attached to an aromatic ring is 1. The van der Waals surface area contributed by atoms with Crippen LogP contribution in [-0.2, 0) is 32.6 Å². The number of aliphatic hydroxyl groups excluding tert-OH is 1. The second-order valence-electron chi connectivity index (χ2n) is 13.2. The number of benzene rings is 3. The molecule has 1 heterocycles. The van der Waals surface area contributed by atoms with Crippen LogP contribution in [0.1, 0.15) is 38.8 Å². The number of carbonyl (C=O) groups excluding carboxylic acids is 3. The van der Waals surface area contributed by atoms with E-state index in [-0.39, 0.29) is 52.3 Å². The zero-order valence-electron chi connectivity index (χ0n) is 28.8. The third kappa shape index (κ3) is 9.41. The lowest BCUT2D eigenvalue weighted by Crippen LogP contribution is -2.57. The Bertz CT molecular complexity index is 1860. The van der Waals surface area contributed by atoms with E-state index >= 15 is 0 Å². The molecule has 0 saturated carbocycles. The van der Waals surface area contributed by atoms with Crippen LogP contribution in [0.15, 0.2) is 77.7 Å². The zero-order chi connectivity index (χ0) is 37.6. The summed E-state index contributed by atoms with van der Waals surface area (Å²) in [7, 11) is -4.18. The summed E-state index contributed by atoms with van der Waals surface area (Å²) in [4.78, 5) is 53.7. The van der Waals surface area contributed by atoms with Crippen molar-refractivity contribution in [3.05, 3.63) is 99.1 Å². The second-order valence-corrected chi connectivity index (χ2v) is 15.6. The van der Waals surface area contributed by atoms with Crippen LogP contribution in [0.3, 0.4) is 0 Å². The van der Waals surface area contributed by atoms with Crippen molar-refractivity contribution >= 4 is 50.8 Å². The molecule has 1 aliphatic rings. The van der Waals surface area contributed by atoms with Crippen molar-refractivity contribution in [2.45, 2.75) is 63.7 Å². The van der Waals surface area contributed by atoms with Crippen molar-refractivity contribution in [1.82, 2.24) is 19.4 Å². The summed E-state index contributed by atoms with van der Waals surface area (Å²) in [6, 6.07) is 15.7. The fraction of sp³-hybridized carbons (Fsp3) is 0.400. The third-order valence-electron chi connectivity index (χ3n) is 8.49. The number of imide groups is 1. The van der Waals surface area contributed by atoms with E-state index in [4.69, 9.17) is 17.3 Å². The van der Waals surface area contributed by atoms with Gasteiger partial charge in [0.05, 0.1) is 39.2 Å². The number of hydrogen-bond acceptors (Lipinski definition) is 9. The van der Waals surface area contributed by atoms with Crippen molar-refractivity contribution in [1.29, 1.82) is 0 Å². The number of halogens is 1. The van der Waals surface area contributed by atoms with Crippen molar-refractivity contribution in [2.24, 2.45) is 11.8 Å². The summed E-state index contributed by atoms with van der Waals surface area (Å²) in [6.07, 6.45) is -1.32. The van der Waals surface area contributed by atoms with Gasteiger partial charge in [0.25, 0.3) is 11.6 Å². The maximum Gasteiger partial charge on any atom is 0.328 e. The number of aliphatic hydroxyl groups is 1. The van der Waals surface area contributed by atoms with Crippen LogP contribution in [0.25, 0.3) is 0 Å². The third-order valence-corrected chi connectivity index (χ3v) is 10.7. The molecule has 1 aliphatic heterocycles. The topological polar surface area (TPSA) is 196 Å². The van der Waals surface area contributed by atoms with Crippen molar-refractivity contribution < 1.29 is 32.8 Å². The minimum atomic E-state index is -4.18. The summed E-state index contributed by atoms with van der Waals surface area (Å²) in [6.45, 7) is 5.91. The molecule has 4 amide bonds. The van der Waals surface area contributed by atoms with Crippen LogP contribution in [0.4, 0.5) is 16.2 Å². The van der Waals surface area contributed by atoms with Crippen molar-refractivity contribution in [2.75, 3.05) is 25.4 Å². The first kappa shape index (κ1) is 39.2. The van der Waals surface area contributed by atoms with Crippen LogP contribution < -0.4 is 11.1 Å². The first-order valence-corrected chi connectivity index (χ1v) is 18.2. The van der Waals surface area contributed by atoms with Gasteiger partial charge in [-0.2, -0.15) is 4.31 Å². The number of nitro groups is 1. The highest BCUT2D eigenvalue weighted by Gasteiger charge is 2.45. The molecule has 0 unspecified atom stereocenters. The van der Waals surface area contributed by atoms with Gasteiger partial charge in [0, 0.05) is 24.7 Å². The lowest BCUT2D eigenvalue weighted by atomic mass is 9.97. The first-order valence-electron chi connectivity index (χ1n) is 16.4. The first-order chi connectivity index (χ1) is 24.0. The van der Waals surface area contributed by atoms with Gasteiger partial charge in [0.2, 0.25) is 15.9 Å². The number of nitrogens with one attached hydrogen (secondary N) is 1. The van der Waals surface area contributed by atoms with E-state index in [1.165, 1.54) is 36.4 Å². The molecule has 274 valence electrons.